The Morgan fingerprint density at radius 2 is 1.02 bits per heavy atom. The molecule has 0 saturated carbocycles. The van der Waals surface area contributed by atoms with Crippen LogP contribution in [0.3, 0.4) is 0 Å². The first kappa shape index (κ1) is 48.8. The summed E-state index contributed by atoms with van der Waals surface area (Å²) in [7, 11) is -6.88. The number of aliphatic hydroxyl groups is 1. The van der Waals surface area contributed by atoms with Crippen molar-refractivity contribution >= 4 is 70.2 Å². The topological polar surface area (TPSA) is 124 Å². The van der Waals surface area contributed by atoms with Crippen molar-refractivity contribution in [1.29, 1.82) is 0 Å². The summed E-state index contributed by atoms with van der Waals surface area (Å²) in [5, 5.41) is 6.08. The van der Waals surface area contributed by atoms with Crippen LogP contribution in [0, 0.1) is 27.7 Å². The molecule has 16 heteroatoms. The lowest BCUT2D eigenvalue weighted by Crippen LogP contribution is -2.08. The van der Waals surface area contributed by atoms with Crippen LogP contribution >= 0.6 is 50.5 Å². The minimum absolute atomic E-state index is 0.0213. The van der Waals surface area contributed by atoms with Gasteiger partial charge in [0.15, 0.2) is 0 Å². The Morgan fingerprint density at radius 3 is 1.33 bits per heavy atom. The van der Waals surface area contributed by atoms with Crippen LogP contribution in [0.2, 0.25) is 0 Å². The maximum absolute atomic E-state index is 11.1. The Bertz CT molecular complexity index is 1920. The molecule has 8 nitrogen and oxygen atoms in total. The van der Waals surface area contributed by atoms with Crippen LogP contribution in [-0.4, -0.2) is 66.3 Å². The highest BCUT2D eigenvalue weighted by atomic mass is 36.0. The van der Waals surface area contributed by atoms with Crippen molar-refractivity contribution < 1.29 is 41.7 Å². The zero-order valence-corrected chi connectivity index (χ0v) is 37.3. The lowest BCUT2D eigenvalue weighted by Gasteiger charge is -2.14. The first-order valence-corrected chi connectivity index (χ1v) is 25.8. The van der Waals surface area contributed by atoms with E-state index in [0.717, 1.165) is 61.6 Å². The predicted molar refractivity (Wildman–Crippen MR) is 230 cm³/mol. The van der Waals surface area contributed by atoms with E-state index >= 15 is 0 Å². The van der Waals surface area contributed by atoms with Crippen molar-refractivity contribution in [2.75, 3.05) is 44.4 Å². The minimum Gasteiger partial charge on any atom is -0.494 e. The van der Waals surface area contributed by atoms with Crippen LogP contribution in [0.4, 0.5) is 4.39 Å². The van der Waals surface area contributed by atoms with Gasteiger partial charge in [0.2, 0.25) is 0 Å². The molecule has 0 aliphatic heterocycles. The Kier molecular flexibility index (Phi) is 21.7. The quantitative estimate of drug-likeness (QED) is 0.0754. The molecule has 0 aliphatic carbocycles. The van der Waals surface area contributed by atoms with E-state index in [4.69, 9.17) is 22.4 Å². The Hall–Kier alpha value is -2.34. The Morgan fingerprint density at radius 1 is 0.691 bits per heavy atom. The summed E-state index contributed by atoms with van der Waals surface area (Å²) in [6.45, 7) is 8.96. The zero-order chi connectivity index (χ0) is 42.7. The molecule has 0 radical (unpaired) electrons. The monoisotopic (exact) mass is 901 g/mol. The molecular weight excluding hydrogens is 852 g/mol. The number of aryl methyl sites for hydroxylation is 4. The molecule has 0 spiro atoms. The van der Waals surface area contributed by atoms with Gasteiger partial charge < -0.3 is 14.6 Å². The van der Waals surface area contributed by atoms with Crippen LogP contribution in [0.25, 0.3) is 22.3 Å². The van der Waals surface area contributed by atoms with Gasteiger partial charge in [-0.1, -0.05) is 36.4 Å². The van der Waals surface area contributed by atoms with Crippen LogP contribution in [0.15, 0.2) is 72.8 Å². The molecule has 0 amide bonds. The third-order valence-corrected chi connectivity index (χ3v) is 10.0. The number of alkyl halides is 2. The molecule has 0 heterocycles. The SMILES string of the molecule is Cc1cc(OCCCS(C)(=O)=O)cc(C)c1-c1cccc(CCl)c1.Cc1cc(OCCCS(C)(=O)=O)cc(C)c1-c1cccc(CO)c1.O=P(Cl)(Cl)Cl.[2H]CF. The number of ether oxygens (including phenoxy) is 2. The lowest BCUT2D eigenvalue weighted by molar-refractivity contribution is 0.282. The second-order valence-electron chi connectivity index (χ2n) is 12.6. The van der Waals surface area contributed by atoms with E-state index in [0.29, 0.717) is 31.9 Å². The van der Waals surface area contributed by atoms with Gasteiger partial charge in [0.25, 0.3) is 0 Å². The summed E-state index contributed by atoms with van der Waals surface area (Å²) in [6.07, 6.45) is 3.45. The van der Waals surface area contributed by atoms with E-state index in [1.54, 1.807) is 0 Å². The summed E-state index contributed by atoms with van der Waals surface area (Å²) >= 11 is 19.8. The molecule has 0 bridgehead atoms. The van der Waals surface area contributed by atoms with Gasteiger partial charge in [0.05, 0.1) is 39.9 Å². The van der Waals surface area contributed by atoms with Crippen LogP contribution in [0.5, 0.6) is 11.5 Å². The van der Waals surface area contributed by atoms with E-state index < -0.39 is 32.0 Å². The molecule has 0 fully saturated rings. The van der Waals surface area contributed by atoms with Crippen LogP contribution in [0.1, 0.15) is 47.6 Å². The molecule has 0 saturated heterocycles. The molecule has 4 rings (SSSR count). The van der Waals surface area contributed by atoms with Gasteiger partial charge in [-0.2, -0.15) is 0 Å². The fraction of sp³-hybridized carbons (Fsp3) is 0.385. The molecule has 306 valence electrons. The largest absolute Gasteiger partial charge is 0.494 e. The third kappa shape index (κ3) is 21.1. The number of hydrogen-bond acceptors (Lipinski definition) is 8. The van der Waals surface area contributed by atoms with Gasteiger partial charge in [-0.25, -0.2) is 16.8 Å². The van der Waals surface area contributed by atoms with Crippen molar-refractivity contribution in [3.05, 3.63) is 106 Å². The van der Waals surface area contributed by atoms with Gasteiger partial charge in [-0.3, -0.25) is 8.96 Å². The van der Waals surface area contributed by atoms with Crippen molar-refractivity contribution in [3.63, 3.8) is 0 Å². The molecule has 4 aromatic carbocycles. The second-order valence-corrected chi connectivity index (χ2v) is 24.0. The highest BCUT2D eigenvalue weighted by molar-refractivity contribution is 8.24. The summed E-state index contributed by atoms with van der Waals surface area (Å²) in [5.74, 6) is 2.30. The van der Waals surface area contributed by atoms with E-state index in [1.165, 1.54) is 18.1 Å². The number of halogens is 5. The fourth-order valence-corrected chi connectivity index (χ4v) is 7.03. The summed E-state index contributed by atoms with van der Waals surface area (Å²) < 4.78 is 81.0. The standard InChI is InChI=1S/C19H23ClO3S.C19H24O4S.CH3F.Cl3OP/c2*1-14-10-18(23-8-5-9-24(3,21)22)11-15(2)19(14)17-7-4-6-16(12-17)13-20;1-2;1-5(2,3)4/h4,6-7,10-12H,5,8-9,13H2,1-3H3;4,6-7,10-12,20H,5,8-9,13H2,1-3H3;1H3;/i;;1D;. The maximum Gasteiger partial charge on any atom is 0.339 e. The van der Waals surface area contributed by atoms with E-state index in [2.05, 4.69) is 59.7 Å². The highest BCUT2D eigenvalue weighted by Gasteiger charge is 2.11. The summed E-state index contributed by atoms with van der Waals surface area (Å²) in [4.78, 5) is 0. The Labute approximate surface area is 347 Å². The van der Waals surface area contributed by atoms with Gasteiger partial charge in [-0.05, 0) is 166 Å². The molecule has 0 unspecified atom stereocenters. The van der Waals surface area contributed by atoms with Gasteiger partial charge >= 0.3 is 5.20 Å². The van der Waals surface area contributed by atoms with Crippen molar-refractivity contribution in [2.24, 2.45) is 0 Å². The molecule has 0 aliphatic rings. The first-order valence-electron chi connectivity index (χ1n) is 17.5. The third-order valence-electron chi connectivity index (χ3n) is 7.64. The molecular formula is C39H50Cl4FO8PS2. The average Bonchev–Trinajstić information content (AvgIpc) is 3.07. The van der Waals surface area contributed by atoms with Gasteiger partial charge in [0, 0.05) is 18.4 Å². The normalized spacial score (nSPS) is 11.5. The first-order chi connectivity index (χ1) is 26.0. The molecule has 55 heavy (non-hydrogen) atoms. The van der Waals surface area contributed by atoms with Crippen molar-refractivity contribution in [1.82, 2.24) is 0 Å². The smallest absolute Gasteiger partial charge is 0.339 e. The van der Waals surface area contributed by atoms with E-state index in [-0.39, 0.29) is 18.1 Å². The van der Waals surface area contributed by atoms with Crippen LogP contribution < -0.4 is 9.47 Å². The van der Waals surface area contributed by atoms with Crippen LogP contribution in [-0.2, 0) is 36.7 Å². The number of rotatable bonds is 14. The average molecular weight is 904 g/mol. The number of aliphatic hydroxyl groups excluding tert-OH is 1. The lowest BCUT2D eigenvalue weighted by atomic mass is 9.94. The number of hydrogen-bond donors (Lipinski definition) is 1. The minimum atomic E-state index is -3.22. The zero-order valence-electron chi connectivity index (χ0n) is 32.8. The predicted octanol–water partition coefficient (Wildman–Crippen LogP) is 11.2. The van der Waals surface area contributed by atoms with Crippen molar-refractivity contribution in [3.8, 4) is 33.8 Å². The second kappa shape index (κ2) is 24.4. The van der Waals surface area contributed by atoms with E-state index in [1.807, 2.05) is 74.5 Å². The highest BCUT2D eigenvalue weighted by Crippen LogP contribution is 2.61. The van der Waals surface area contributed by atoms with Gasteiger partial charge in [0.1, 0.15) is 31.2 Å². The molecule has 1 N–H and O–H groups in total. The number of sulfone groups is 2. The fourth-order valence-electron chi connectivity index (χ4n) is 5.58. The summed E-state index contributed by atoms with van der Waals surface area (Å²) in [6, 6.07) is 24.0. The van der Waals surface area contributed by atoms with Crippen molar-refractivity contribution in [2.45, 2.75) is 53.0 Å². The summed E-state index contributed by atoms with van der Waals surface area (Å²) in [5.41, 5.74) is 10.9. The Balaban J connectivity index is 0.000000470. The maximum atomic E-state index is 11.1. The number of benzene rings is 4. The van der Waals surface area contributed by atoms with Gasteiger partial charge in [-0.15, -0.1) is 11.6 Å². The van der Waals surface area contributed by atoms with E-state index in [9.17, 15) is 30.9 Å². The molecule has 4 aromatic rings. The molecule has 0 atom stereocenters. The molecule has 0 aromatic heterocycles.